The first-order chi connectivity index (χ1) is 13.6. The van der Waals surface area contributed by atoms with Crippen molar-refractivity contribution in [3.8, 4) is 11.8 Å². The number of aryl methyl sites for hydroxylation is 1. The number of nitrogens with one attached hydrogen (secondary N) is 2. The number of benzene rings is 2. The Hall–Kier alpha value is -3.92. The molecular formula is C21H19N5O2. The molecule has 0 fully saturated rings. The van der Waals surface area contributed by atoms with Gasteiger partial charge in [0, 0.05) is 17.1 Å². The SMILES string of the molecule is CCOc1ccc(Nc2nc(C)cc(C(=O)Nc3ccc(C#N)cc3)n2)cc1. The second-order valence-electron chi connectivity index (χ2n) is 5.94. The van der Waals surface area contributed by atoms with Gasteiger partial charge in [-0.1, -0.05) is 0 Å². The van der Waals surface area contributed by atoms with Crippen molar-refractivity contribution in [3.63, 3.8) is 0 Å². The van der Waals surface area contributed by atoms with Crippen LogP contribution in [0.2, 0.25) is 0 Å². The number of hydrogen-bond donors (Lipinski definition) is 2. The van der Waals surface area contributed by atoms with Crippen LogP contribution < -0.4 is 15.4 Å². The molecule has 0 atom stereocenters. The molecule has 2 aromatic carbocycles. The summed E-state index contributed by atoms with van der Waals surface area (Å²) in [5.41, 5.74) is 2.80. The third-order valence-corrected chi connectivity index (χ3v) is 3.78. The summed E-state index contributed by atoms with van der Waals surface area (Å²) in [4.78, 5) is 21.2. The normalized spacial score (nSPS) is 10.0. The molecule has 0 spiro atoms. The van der Waals surface area contributed by atoms with Gasteiger partial charge >= 0.3 is 0 Å². The molecule has 1 aromatic heterocycles. The van der Waals surface area contributed by atoms with Gasteiger partial charge in [-0.15, -0.1) is 0 Å². The van der Waals surface area contributed by atoms with Crippen LogP contribution in [-0.2, 0) is 0 Å². The number of amides is 1. The van der Waals surface area contributed by atoms with Crippen LogP contribution in [0.3, 0.4) is 0 Å². The molecule has 0 aliphatic carbocycles. The zero-order valence-corrected chi connectivity index (χ0v) is 15.6. The maximum Gasteiger partial charge on any atom is 0.274 e. The molecule has 7 heteroatoms. The van der Waals surface area contributed by atoms with Crippen molar-refractivity contribution >= 4 is 23.2 Å². The Bertz CT molecular complexity index is 1010. The smallest absolute Gasteiger partial charge is 0.274 e. The minimum absolute atomic E-state index is 0.241. The molecule has 0 aliphatic heterocycles. The van der Waals surface area contributed by atoms with Crippen LogP contribution in [0.25, 0.3) is 0 Å². The maximum absolute atomic E-state index is 12.5. The first kappa shape index (κ1) is 18.9. The molecule has 0 bridgehead atoms. The highest BCUT2D eigenvalue weighted by Gasteiger charge is 2.11. The summed E-state index contributed by atoms with van der Waals surface area (Å²) in [5, 5.41) is 14.7. The van der Waals surface area contributed by atoms with E-state index in [1.165, 1.54) is 0 Å². The molecule has 28 heavy (non-hydrogen) atoms. The molecule has 1 heterocycles. The monoisotopic (exact) mass is 373 g/mol. The van der Waals surface area contributed by atoms with Crippen molar-refractivity contribution in [2.45, 2.75) is 13.8 Å². The van der Waals surface area contributed by atoms with E-state index in [2.05, 4.69) is 20.6 Å². The van der Waals surface area contributed by atoms with Crippen molar-refractivity contribution in [3.05, 3.63) is 71.5 Å². The molecule has 0 aliphatic rings. The fourth-order valence-corrected chi connectivity index (χ4v) is 2.49. The minimum Gasteiger partial charge on any atom is -0.494 e. The van der Waals surface area contributed by atoms with E-state index in [0.717, 1.165) is 11.4 Å². The van der Waals surface area contributed by atoms with E-state index in [9.17, 15) is 4.79 Å². The van der Waals surface area contributed by atoms with Crippen molar-refractivity contribution in [1.29, 1.82) is 5.26 Å². The van der Waals surface area contributed by atoms with Crippen molar-refractivity contribution in [2.75, 3.05) is 17.2 Å². The standard InChI is InChI=1S/C21H19N5O2/c1-3-28-18-10-8-17(9-11-18)25-21-23-14(2)12-19(26-21)20(27)24-16-6-4-15(13-22)5-7-16/h4-12H,3H2,1-2H3,(H,24,27)(H,23,25,26). The fourth-order valence-electron chi connectivity index (χ4n) is 2.49. The van der Waals surface area contributed by atoms with E-state index in [0.29, 0.717) is 29.5 Å². The van der Waals surface area contributed by atoms with Gasteiger partial charge in [-0.2, -0.15) is 5.26 Å². The van der Waals surface area contributed by atoms with Gasteiger partial charge in [-0.3, -0.25) is 4.79 Å². The van der Waals surface area contributed by atoms with Gasteiger partial charge in [0.15, 0.2) is 0 Å². The van der Waals surface area contributed by atoms with Crippen molar-refractivity contribution < 1.29 is 9.53 Å². The van der Waals surface area contributed by atoms with Crippen LogP contribution in [0.15, 0.2) is 54.6 Å². The lowest BCUT2D eigenvalue weighted by Crippen LogP contribution is -2.15. The van der Waals surface area contributed by atoms with E-state index in [4.69, 9.17) is 10.00 Å². The van der Waals surface area contributed by atoms with Crippen molar-refractivity contribution in [2.24, 2.45) is 0 Å². The number of hydrogen-bond acceptors (Lipinski definition) is 6. The zero-order chi connectivity index (χ0) is 19.9. The van der Waals surface area contributed by atoms with Gasteiger partial charge in [0.2, 0.25) is 5.95 Å². The highest BCUT2D eigenvalue weighted by molar-refractivity contribution is 6.03. The van der Waals surface area contributed by atoms with E-state index in [-0.39, 0.29) is 11.6 Å². The van der Waals surface area contributed by atoms with E-state index in [1.54, 1.807) is 37.3 Å². The summed E-state index contributed by atoms with van der Waals surface area (Å²) >= 11 is 0. The van der Waals surface area contributed by atoms with Gasteiger partial charge in [-0.25, -0.2) is 9.97 Å². The van der Waals surface area contributed by atoms with Crippen LogP contribution in [0, 0.1) is 18.3 Å². The first-order valence-electron chi connectivity index (χ1n) is 8.74. The number of ether oxygens (including phenoxy) is 1. The Kier molecular flexibility index (Phi) is 5.82. The summed E-state index contributed by atoms with van der Waals surface area (Å²) < 4.78 is 5.42. The van der Waals surface area contributed by atoms with Gasteiger partial charge in [0.05, 0.1) is 18.2 Å². The average molecular weight is 373 g/mol. The fraction of sp³-hybridized carbons (Fsp3) is 0.143. The molecule has 2 N–H and O–H groups in total. The predicted octanol–water partition coefficient (Wildman–Crippen LogP) is 4.05. The van der Waals surface area contributed by atoms with Gasteiger partial charge in [0.25, 0.3) is 5.91 Å². The predicted molar refractivity (Wildman–Crippen MR) is 107 cm³/mol. The van der Waals surface area contributed by atoms with Gasteiger partial charge in [-0.05, 0) is 68.4 Å². The van der Waals surface area contributed by atoms with Crippen LogP contribution >= 0.6 is 0 Å². The molecule has 3 aromatic rings. The Balaban J connectivity index is 1.74. The lowest BCUT2D eigenvalue weighted by molar-refractivity contribution is 0.102. The number of anilines is 3. The van der Waals surface area contributed by atoms with Gasteiger partial charge < -0.3 is 15.4 Å². The number of aromatic nitrogens is 2. The lowest BCUT2D eigenvalue weighted by atomic mass is 10.2. The highest BCUT2D eigenvalue weighted by Crippen LogP contribution is 2.19. The molecule has 0 unspecified atom stereocenters. The summed E-state index contributed by atoms with van der Waals surface area (Å²) in [6, 6.07) is 17.7. The Morgan fingerprint density at radius 3 is 2.39 bits per heavy atom. The quantitative estimate of drug-likeness (QED) is 0.676. The highest BCUT2D eigenvalue weighted by atomic mass is 16.5. The number of nitrogens with zero attached hydrogens (tertiary/aromatic N) is 3. The molecule has 1 amide bonds. The molecular weight excluding hydrogens is 354 g/mol. The van der Waals surface area contributed by atoms with E-state index >= 15 is 0 Å². The molecule has 7 nitrogen and oxygen atoms in total. The molecule has 140 valence electrons. The maximum atomic E-state index is 12.5. The number of nitriles is 1. The summed E-state index contributed by atoms with van der Waals surface area (Å²) in [5.74, 6) is 0.750. The summed E-state index contributed by atoms with van der Waals surface area (Å²) in [6.45, 7) is 4.33. The molecule has 0 radical (unpaired) electrons. The minimum atomic E-state index is -0.357. The molecule has 3 rings (SSSR count). The van der Waals surface area contributed by atoms with Crippen LogP contribution in [-0.4, -0.2) is 22.5 Å². The number of rotatable bonds is 6. The Morgan fingerprint density at radius 1 is 1.07 bits per heavy atom. The topological polar surface area (TPSA) is 99.9 Å². The van der Waals surface area contributed by atoms with Crippen LogP contribution in [0.4, 0.5) is 17.3 Å². The Morgan fingerprint density at radius 2 is 1.75 bits per heavy atom. The summed E-state index contributed by atoms with van der Waals surface area (Å²) in [7, 11) is 0. The Labute approximate surface area is 163 Å². The third-order valence-electron chi connectivity index (χ3n) is 3.78. The largest absolute Gasteiger partial charge is 0.494 e. The van der Waals surface area contributed by atoms with Crippen molar-refractivity contribution in [1.82, 2.24) is 9.97 Å². The second-order valence-corrected chi connectivity index (χ2v) is 5.94. The third kappa shape index (κ3) is 4.83. The first-order valence-corrected chi connectivity index (χ1v) is 8.74. The van der Waals surface area contributed by atoms with Gasteiger partial charge in [0.1, 0.15) is 11.4 Å². The number of carbonyl (C=O) groups excluding carboxylic acids is 1. The van der Waals surface area contributed by atoms with E-state index < -0.39 is 0 Å². The number of carbonyl (C=O) groups is 1. The van der Waals surface area contributed by atoms with Crippen LogP contribution in [0.1, 0.15) is 28.7 Å². The van der Waals surface area contributed by atoms with Crippen LogP contribution in [0.5, 0.6) is 5.75 Å². The molecule has 0 saturated heterocycles. The average Bonchev–Trinajstić information content (AvgIpc) is 2.70. The zero-order valence-electron chi connectivity index (χ0n) is 15.6. The summed E-state index contributed by atoms with van der Waals surface area (Å²) in [6.07, 6.45) is 0. The molecule has 0 saturated carbocycles. The van der Waals surface area contributed by atoms with E-state index in [1.807, 2.05) is 37.3 Å². The second kappa shape index (κ2) is 8.64. The lowest BCUT2D eigenvalue weighted by Gasteiger charge is -2.10.